The fourth-order valence-corrected chi connectivity index (χ4v) is 2.53. The number of halogens is 1. The summed E-state index contributed by atoms with van der Waals surface area (Å²) < 4.78 is 2.21. The topological polar surface area (TPSA) is 87.1 Å². The van der Waals surface area contributed by atoms with Gasteiger partial charge in [0.15, 0.2) is 0 Å². The highest BCUT2D eigenvalue weighted by Crippen LogP contribution is 2.09. The first-order chi connectivity index (χ1) is 9.46. The van der Waals surface area contributed by atoms with Crippen LogP contribution >= 0.6 is 15.9 Å². The number of nitrogens with zero attached hydrogens (tertiary/aromatic N) is 3. The van der Waals surface area contributed by atoms with Gasteiger partial charge in [-0.3, -0.25) is 24.0 Å². The van der Waals surface area contributed by atoms with Crippen LogP contribution in [0.25, 0.3) is 0 Å². The number of aryl methyl sites for hydroxylation is 1. The zero-order chi connectivity index (χ0) is 15.3. The SMILES string of the molecule is CCCn1cc([N+](=O)[O-])c(=O)n(CC(CC)CBr)c1=O. The Morgan fingerprint density at radius 3 is 2.50 bits per heavy atom. The van der Waals surface area contributed by atoms with Crippen LogP contribution in [0.2, 0.25) is 0 Å². The van der Waals surface area contributed by atoms with Crippen LogP contribution in [0.15, 0.2) is 15.8 Å². The van der Waals surface area contributed by atoms with E-state index in [4.69, 9.17) is 0 Å². The molecule has 0 amide bonds. The molecule has 0 aliphatic carbocycles. The molecule has 0 saturated heterocycles. The minimum atomic E-state index is -0.827. The first-order valence-electron chi connectivity index (χ1n) is 6.50. The molecule has 20 heavy (non-hydrogen) atoms. The summed E-state index contributed by atoms with van der Waals surface area (Å²) in [7, 11) is 0. The minimum Gasteiger partial charge on any atom is -0.293 e. The highest BCUT2D eigenvalue weighted by Gasteiger charge is 2.21. The van der Waals surface area contributed by atoms with E-state index in [2.05, 4.69) is 15.9 Å². The van der Waals surface area contributed by atoms with Crippen LogP contribution in [0.5, 0.6) is 0 Å². The Kier molecular flexibility index (Phi) is 6.12. The molecule has 0 spiro atoms. The molecule has 1 heterocycles. The van der Waals surface area contributed by atoms with E-state index in [0.717, 1.165) is 17.2 Å². The quantitative estimate of drug-likeness (QED) is 0.427. The summed E-state index contributed by atoms with van der Waals surface area (Å²) in [6.45, 7) is 4.34. The lowest BCUT2D eigenvalue weighted by atomic mass is 10.1. The van der Waals surface area contributed by atoms with Gasteiger partial charge >= 0.3 is 16.9 Å². The van der Waals surface area contributed by atoms with Gasteiger partial charge in [0.25, 0.3) is 0 Å². The third-order valence-corrected chi connectivity index (χ3v) is 4.03. The number of nitro groups is 1. The van der Waals surface area contributed by atoms with Crippen LogP contribution in [-0.2, 0) is 13.1 Å². The molecule has 1 atom stereocenters. The molecule has 0 aliphatic rings. The minimum absolute atomic E-state index is 0.0810. The molecule has 8 heteroatoms. The van der Waals surface area contributed by atoms with Gasteiger partial charge in [0, 0.05) is 18.4 Å². The predicted molar refractivity (Wildman–Crippen MR) is 79.5 cm³/mol. The van der Waals surface area contributed by atoms with E-state index < -0.39 is 21.9 Å². The van der Waals surface area contributed by atoms with Crippen molar-refractivity contribution < 1.29 is 4.92 Å². The van der Waals surface area contributed by atoms with Crippen LogP contribution in [0, 0.1) is 16.0 Å². The summed E-state index contributed by atoms with van der Waals surface area (Å²) in [6, 6.07) is 0. The first-order valence-corrected chi connectivity index (χ1v) is 7.62. The smallest absolute Gasteiger partial charge is 0.293 e. The summed E-state index contributed by atoms with van der Waals surface area (Å²) in [5.74, 6) is 0.0810. The normalized spacial score (nSPS) is 12.3. The Balaban J connectivity index is 3.43. The molecular formula is C12H18BrN3O4. The van der Waals surface area contributed by atoms with Crippen molar-refractivity contribution in [2.24, 2.45) is 5.92 Å². The molecule has 1 aromatic rings. The van der Waals surface area contributed by atoms with E-state index >= 15 is 0 Å². The molecular weight excluding hydrogens is 330 g/mol. The average Bonchev–Trinajstić information content (AvgIpc) is 2.42. The molecule has 0 radical (unpaired) electrons. The zero-order valence-corrected chi connectivity index (χ0v) is 13.1. The van der Waals surface area contributed by atoms with Crippen molar-refractivity contribution in [1.29, 1.82) is 0 Å². The maximum atomic E-state index is 12.2. The second-order valence-corrected chi connectivity index (χ2v) is 5.24. The number of rotatable bonds is 7. The van der Waals surface area contributed by atoms with E-state index in [0.29, 0.717) is 18.3 Å². The van der Waals surface area contributed by atoms with Crippen molar-refractivity contribution >= 4 is 21.6 Å². The van der Waals surface area contributed by atoms with Crippen molar-refractivity contribution in [3.63, 3.8) is 0 Å². The van der Waals surface area contributed by atoms with E-state index in [9.17, 15) is 19.7 Å². The van der Waals surface area contributed by atoms with Gasteiger partial charge in [0.05, 0.1) is 11.1 Å². The van der Waals surface area contributed by atoms with Crippen LogP contribution in [0.3, 0.4) is 0 Å². The molecule has 0 fully saturated rings. The van der Waals surface area contributed by atoms with Crippen LogP contribution in [-0.4, -0.2) is 19.4 Å². The summed E-state index contributed by atoms with van der Waals surface area (Å²) >= 11 is 3.32. The highest BCUT2D eigenvalue weighted by molar-refractivity contribution is 9.09. The maximum absolute atomic E-state index is 12.2. The van der Waals surface area contributed by atoms with Gasteiger partial charge in [0.2, 0.25) is 0 Å². The lowest BCUT2D eigenvalue weighted by Crippen LogP contribution is -2.42. The van der Waals surface area contributed by atoms with Gasteiger partial charge in [0.1, 0.15) is 0 Å². The van der Waals surface area contributed by atoms with Crippen molar-refractivity contribution in [1.82, 2.24) is 9.13 Å². The van der Waals surface area contributed by atoms with Crippen molar-refractivity contribution in [3.05, 3.63) is 37.1 Å². The number of aromatic nitrogens is 2. The van der Waals surface area contributed by atoms with Gasteiger partial charge in [-0.2, -0.15) is 0 Å². The maximum Gasteiger partial charge on any atom is 0.350 e. The largest absolute Gasteiger partial charge is 0.350 e. The fraction of sp³-hybridized carbons (Fsp3) is 0.667. The number of hydrogen-bond donors (Lipinski definition) is 0. The van der Waals surface area contributed by atoms with Crippen molar-refractivity contribution in [3.8, 4) is 0 Å². The zero-order valence-electron chi connectivity index (χ0n) is 11.5. The predicted octanol–water partition coefficient (Wildman–Crippen LogP) is 1.75. The molecule has 0 N–H and O–H groups in total. The Bertz CT molecular complexity index is 589. The van der Waals surface area contributed by atoms with E-state index in [-0.39, 0.29) is 12.5 Å². The molecule has 0 aromatic carbocycles. The Hall–Kier alpha value is -1.44. The van der Waals surface area contributed by atoms with Crippen LogP contribution in [0.4, 0.5) is 5.69 Å². The third kappa shape index (κ3) is 3.56. The first kappa shape index (κ1) is 16.6. The summed E-state index contributed by atoms with van der Waals surface area (Å²) in [5, 5.41) is 11.6. The van der Waals surface area contributed by atoms with Crippen LogP contribution < -0.4 is 11.2 Å². The second-order valence-electron chi connectivity index (χ2n) is 4.59. The Labute approximate surface area is 124 Å². The lowest BCUT2D eigenvalue weighted by Gasteiger charge is -2.14. The van der Waals surface area contributed by atoms with E-state index in [1.807, 2.05) is 13.8 Å². The molecule has 1 rings (SSSR count). The van der Waals surface area contributed by atoms with Gasteiger partial charge in [-0.1, -0.05) is 36.2 Å². The second kappa shape index (κ2) is 7.37. The Morgan fingerprint density at radius 1 is 1.40 bits per heavy atom. The van der Waals surface area contributed by atoms with E-state index in [1.54, 1.807) is 0 Å². The van der Waals surface area contributed by atoms with Gasteiger partial charge < -0.3 is 0 Å². The molecule has 7 nitrogen and oxygen atoms in total. The molecule has 112 valence electrons. The molecule has 1 aromatic heterocycles. The summed E-state index contributed by atoms with van der Waals surface area (Å²) in [6.07, 6.45) is 2.47. The lowest BCUT2D eigenvalue weighted by molar-refractivity contribution is -0.387. The summed E-state index contributed by atoms with van der Waals surface area (Å²) in [4.78, 5) is 34.5. The number of alkyl halides is 1. The Morgan fingerprint density at radius 2 is 2.05 bits per heavy atom. The van der Waals surface area contributed by atoms with Crippen LogP contribution in [0.1, 0.15) is 26.7 Å². The van der Waals surface area contributed by atoms with Crippen molar-refractivity contribution in [2.75, 3.05) is 5.33 Å². The molecule has 1 unspecified atom stereocenters. The van der Waals surface area contributed by atoms with Gasteiger partial charge in [-0.25, -0.2) is 4.79 Å². The third-order valence-electron chi connectivity index (χ3n) is 3.12. The highest BCUT2D eigenvalue weighted by atomic mass is 79.9. The molecule has 0 aliphatic heterocycles. The van der Waals surface area contributed by atoms with E-state index in [1.165, 1.54) is 4.57 Å². The monoisotopic (exact) mass is 347 g/mol. The van der Waals surface area contributed by atoms with Gasteiger partial charge in [-0.05, 0) is 12.3 Å². The standard InChI is InChI=1S/C12H18BrN3O4/c1-3-5-14-8-10(16(19)20)11(17)15(12(14)18)7-9(4-2)6-13/h8-9H,3-7H2,1-2H3. The molecule has 0 saturated carbocycles. The van der Waals surface area contributed by atoms with Crippen molar-refractivity contribution in [2.45, 2.75) is 39.8 Å². The number of hydrogen-bond acceptors (Lipinski definition) is 4. The fourth-order valence-electron chi connectivity index (χ4n) is 1.87. The summed E-state index contributed by atoms with van der Waals surface area (Å²) in [5.41, 5.74) is -1.86. The average molecular weight is 348 g/mol. The van der Waals surface area contributed by atoms with Gasteiger partial charge in [-0.15, -0.1) is 0 Å². The molecule has 0 bridgehead atoms.